The predicted octanol–water partition coefficient (Wildman–Crippen LogP) is 7.10. The molecule has 0 saturated heterocycles. The number of rotatable bonds is 15. The van der Waals surface area contributed by atoms with Crippen LogP contribution >= 0.6 is 0 Å². The van der Waals surface area contributed by atoms with Gasteiger partial charge < -0.3 is 24.7 Å². The van der Waals surface area contributed by atoms with Gasteiger partial charge in [-0.1, -0.05) is 91.0 Å². The summed E-state index contributed by atoms with van der Waals surface area (Å²) in [5.41, 5.74) is 0. The summed E-state index contributed by atoms with van der Waals surface area (Å²) in [5, 5.41) is 3.70. The topological polar surface area (TPSA) is 55.4 Å². The third-order valence-electron chi connectivity index (χ3n) is 7.20. The number of hydrogen-bond acceptors (Lipinski definition) is 6. The van der Waals surface area contributed by atoms with E-state index < -0.39 is 59.4 Å². The van der Waals surface area contributed by atoms with Crippen molar-refractivity contribution in [3.8, 4) is 0 Å². The zero-order valence-corrected chi connectivity index (χ0v) is 36.1. The van der Waals surface area contributed by atoms with Crippen LogP contribution in [0.25, 0.3) is 0 Å². The second-order valence-corrected chi connectivity index (χ2v) is 40.1. The molecule has 0 atom stereocenters. The van der Waals surface area contributed by atoms with E-state index in [1.165, 1.54) is 15.6 Å². The van der Waals surface area contributed by atoms with Gasteiger partial charge in [0, 0.05) is 6.55 Å². The Labute approximate surface area is 274 Å². The molecule has 0 aliphatic heterocycles. The van der Waals surface area contributed by atoms with E-state index >= 15 is 0 Å². The van der Waals surface area contributed by atoms with Gasteiger partial charge in [-0.15, -0.1) is 0 Å². The van der Waals surface area contributed by atoms with E-state index in [1.807, 2.05) is 24.7 Å². The average Bonchev–Trinajstić information content (AvgIpc) is 2.87. The highest BCUT2D eigenvalue weighted by atomic mass is 28.5. The van der Waals surface area contributed by atoms with Gasteiger partial charge in [0.15, 0.2) is 0 Å². The molecule has 0 aliphatic carbocycles. The molecule has 0 heterocycles. The van der Waals surface area contributed by atoms with Gasteiger partial charge in [0.1, 0.15) is 0 Å². The normalized spacial score (nSPS) is 14.1. The van der Waals surface area contributed by atoms with Crippen LogP contribution < -0.4 is 15.6 Å². The molecule has 0 aliphatic rings. The molecule has 0 amide bonds. The van der Waals surface area contributed by atoms with Crippen LogP contribution in [0.2, 0.25) is 85.1 Å². The molecule has 6 nitrogen and oxygen atoms in total. The molecule has 242 valence electrons. The first kappa shape index (κ1) is 37.4. The Morgan fingerprint density at radius 1 is 0.295 bits per heavy atom. The van der Waals surface area contributed by atoms with Gasteiger partial charge in [0.25, 0.3) is 0 Å². The van der Waals surface area contributed by atoms with Crippen molar-refractivity contribution in [2.45, 2.75) is 85.1 Å². The van der Waals surface area contributed by atoms with E-state index in [0.29, 0.717) is 0 Å². The lowest BCUT2D eigenvalue weighted by molar-refractivity contribution is 0.200. The van der Waals surface area contributed by atoms with E-state index in [1.54, 1.807) is 0 Å². The van der Waals surface area contributed by atoms with Crippen molar-refractivity contribution in [3.63, 3.8) is 0 Å². The van der Waals surface area contributed by atoms with Crippen molar-refractivity contribution < 1.29 is 24.7 Å². The van der Waals surface area contributed by atoms with E-state index in [-0.39, 0.29) is 0 Å². The van der Waals surface area contributed by atoms with Crippen LogP contribution in [0.15, 0.2) is 91.0 Å². The van der Waals surface area contributed by atoms with Crippen LogP contribution in [0.3, 0.4) is 0 Å². The first-order chi connectivity index (χ1) is 20.1. The standard InChI is InChI=1S/C31H54O6Si7/c1-38(2,29-23-17-14-18-24-29)32-41(7,8)35-44(13,36-42(9,10)33-39(3,4)30-25-19-15-20-26-30)37-43(11,12)34-40(5,6)31-27-21-16-22-28-31/h14-28H,1-13H3. The monoisotopic (exact) mass is 718 g/mol. The van der Waals surface area contributed by atoms with Crippen molar-refractivity contribution in [1.29, 1.82) is 0 Å². The minimum atomic E-state index is -3.38. The molecule has 44 heavy (non-hydrogen) atoms. The SMILES string of the molecule is C[Si](C)(O[Si](C)(O[Si](C)(C)O[Si](C)(C)c1ccccc1)O[Si](C)(C)O[Si](C)(C)c1ccccc1)O[Si](C)(C)c1ccccc1. The molecular formula is C31H54O6Si7. The molecule has 0 spiro atoms. The summed E-state index contributed by atoms with van der Waals surface area (Å²) in [5.74, 6) is 0. The van der Waals surface area contributed by atoms with Crippen molar-refractivity contribution in [1.82, 2.24) is 0 Å². The molecule has 3 aromatic rings. The second kappa shape index (κ2) is 14.0. The fourth-order valence-electron chi connectivity index (χ4n) is 6.00. The Hall–Kier alpha value is -1.06. The average molecular weight is 719 g/mol. The van der Waals surface area contributed by atoms with Crippen LogP contribution in [0, 0.1) is 0 Å². The van der Waals surface area contributed by atoms with Crippen LogP contribution in [-0.2, 0) is 24.7 Å². The number of benzene rings is 3. The van der Waals surface area contributed by atoms with Crippen LogP contribution in [0.5, 0.6) is 0 Å². The molecule has 0 bridgehead atoms. The summed E-state index contributed by atoms with van der Waals surface area (Å²) in [6, 6.07) is 31.5. The maximum Gasteiger partial charge on any atom is 0.470 e. The predicted molar refractivity (Wildman–Crippen MR) is 201 cm³/mol. The molecule has 0 fully saturated rings. The highest BCUT2D eigenvalue weighted by molar-refractivity contribution is 6.97. The summed E-state index contributed by atoms with van der Waals surface area (Å²) in [4.78, 5) is 0. The Kier molecular flexibility index (Phi) is 11.9. The lowest BCUT2D eigenvalue weighted by Gasteiger charge is -2.46. The largest absolute Gasteiger partial charge is 0.470 e. The van der Waals surface area contributed by atoms with E-state index in [4.69, 9.17) is 24.7 Å². The lowest BCUT2D eigenvalue weighted by atomic mass is 10.4. The van der Waals surface area contributed by atoms with Crippen molar-refractivity contribution in [2.75, 3.05) is 0 Å². The summed E-state index contributed by atoms with van der Waals surface area (Å²) >= 11 is 0. The van der Waals surface area contributed by atoms with Crippen LogP contribution in [0.4, 0.5) is 0 Å². The Balaban J connectivity index is 1.93. The molecule has 13 heteroatoms. The first-order valence-corrected chi connectivity index (χ1v) is 34.8. The highest BCUT2D eigenvalue weighted by Crippen LogP contribution is 2.30. The fraction of sp³-hybridized carbons (Fsp3) is 0.419. The van der Waals surface area contributed by atoms with Gasteiger partial charge in [-0.05, 0) is 94.1 Å². The fourth-order valence-corrected chi connectivity index (χ4v) is 39.1. The van der Waals surface area contributed by atoms with E-state index in [9.17, 15) is 0 Å². The van der Waals surface area contributed by atoms with Gasteiger partial charge in [-0.2, -0.15) is 0 Å². The van der Waals surface area contributed by atoms with Crippen molar-refractivity contribution >= 4 is 75.0 Å². The van der Waals surface area contributed by atoms with Gasteiger partial charge in [-0.3, -0.25) is 0 Å². The zero-order valence-electron chi connectivity index (χ0n) is 29.1. The summed E-state index contributed by atoms with van der Waals surface area (Å²) in [6.07, 6.45) is 0. The van der Waals surface area contributed by atoms with Gasteiger partial charge in [0.2, 0.25) is 25.0 Å². The Bertz CT molecular complexity index is 1170. The second-order valence-electron chi connectivity index (χ2n) is 14.3. The Morgan fingerprint density at radius 3 is 0.705 bits per heavy atom. The minimum Gasteiger partial charge on any atom is -0.433 e. The quantitative estimate of drug-likeness (QED) is 0.157. The molecule has 0 radical (unpaired) electrons. The summed E-state index contributed by atoms with van der Waals surface area (Å²) < 4.78 is 42.2. The minimum absolute atomic E-state index is 1.23. The zero-order chi connectivity index (χ0) is 33.1. The molecule has 0 N–H and O–H groups in total. The number of hydrogen-bond donors (Lipinski definition) is 0. The lowest BCUT2D eigenvalue weighted by Crippen LogP contribution is -2.66. The first-order valence-electron chi connectivity index (χ1n) is 15.4. The maximum absolute atomic E-state index is 7.08. The van der Waals surface area contributed by atoms with E-state index in [2.05, 4.69) is 151 Å². The molecule has 0 unspecified atom stereocenters. The molecule has 3 aromatic carbocycles. The maximum atomic E-state index is 7.08. The highest BCUT2D eigenvalue weighted by Gasteiger charge is 2.54. The summed E-state index contributed by atoms with van der Waals surface area (Å²) in [7, 11) is -18.5. The third kappa shape index (κ3) is 11.0. The van der Waals surface area contributed by atoms with Gasteiger partial charge >= 0.3 is 34.5 Å². The molecule has 3 rings (SSSR count). The smallest absolute Gasteiger partial charge is 0.433 e. The van der Waals surface area contributed by atoms with Crippen molar-refractivity contribution in [2.24, 2.45) is 0 Å². The van der Waals surface area contributed by atoms with E-state index in [0.717, 1.165) is 0 Å². The van der Waals surface area contributed by atoms with Gasteiger partial charge in [0.05, 0.1) is 0 Å². The summed E-state index contributed by atoms with van der Waals surface area (Å²) in [6.45, 7) is 28.1. The molecule has 0 aromatic heterocycles. The van der Waals surface area contributed by atoms with Gasteiger partial charge in [-0.25, -0.2) is 0 Å². The van der Waals surface area contributed by atoms with Crippen molar-refractivity contribution in [3.05, 3.63) is 91.0 Å². The third-order valence-corrected chi connectivity index (χ3v) is 34.7. The van der Waals surface area contributed by atoms with Crippen LogP contribution in [-0.4, -0.2) is 59.4 Å². The molecular weight excluding hydrogens is 665 g/mol. The van der Waals surface area contributed by atoms with Crippen LogP contribution in [0.1, 0.15) is 0 Å². The Morgan fingerprint density at radius 2 is 0.500 bits per heavy atom. The molecule has 0 saturated carbocycles.